The van der Waals surface area contributed by atoms with Crippen molar-refractivity contribution in [3.63, 3.8) is 0 Å². The highest BCUT2D eigenvalue weighted by Crippen LogP contribution is 2.20. The van der Waals surface area contributed by atoms with Crippen molar-refractivity contribution in [2.75, 3.05) is 7.11 Å². The fraction of sp³-hybridized carbons (Fsp3) is 0.167. The Morgan fingerprint density at radius 2 is 1.82 bits per heavy atom. The lowest BCUT2D eigenvalue weighted by atomic mass is 10.1. The molecule has 0 spiro atoms. The molecule has 2 aromatic rings. The highest BCUT2D eigenvalue weighted by Gasteiger charge is 2.14. The first kappa shape index (κ1) is 11.5. The Morgan fingerprint density at radius 1 is 1.18 bits per heavy atom. The van der Waals surface area contributed by atoms with Crippen molar-refractivity contribution in [2.45, 2.75) is 6.04 Å². The first-order valence-corrected chi connectivity index (χ1v) is 5.22. The minimum Gasteiger partial charge on any atom is -0.497 e. The van der Waals surface area contributed by atoms with Gasteiger partial charge in [0.1, 0.15) is 11.8 Å². The molecule has 5 nitrogen and oxygen atoms in total. The molecule has 1 atom stereocenters. The molecule has 1 aromatic heterocycles. The fourth-order valence-electron chi connectivity index (χ4n) is 1.58. The van der Waals surface area contributed by atoms with Crippen LogP contribution in [0.15, 0.2) is 42.7 Å². The van der Waals surface area contributed by atoms with Gasteiger partial charge in [-0.1, -0.05) is 12.1 Å². The number of nitrogens with zero attached hydrogens (tertiary/aromatic N) is 2. The van der Waals surface area contributed by atoms with Crippen LogP contribution in [0.4, 0.5) is 0 Å². The van der Waals surface area contributed by atoms with Gasteiger partial charge in [0, 0.05) is 12.4 Å². The molecule has 0 aliphatic carbocycles. The van der Waals surface area contributed by atoms with Crippen LogP contribution in [0.5, 0.6) is 5.75 Å². The summed E-state index contributed by atoms with van der Waals surface area (Å²) in [6.07, 6.45) is 3.38. The van der Waals surface area contributed by atoms with E-state index in [4.69, 9.17) is 10.6 Å². The largest absolute Gasteiger partial charge is 0.497 e. The Morgan fingerprint density at radius 3 is 2.35 bits per heavy atom. The van der Waals surface area contributed by atoms with E-state index in [1.54, 1.807) is 25.6 Å². The third kappa shape index (κ3) is 2.58. The maximum atomic E-state index is 5.55. The summed E-state index contributed by atoms with van der Waals surface area (Å²) in [5, 5.41) is 0. The van der Waals surface area contributed by atoms with Crippen LogP contribution in [0.2, 0.25) is 0 Å². The number of aromatic nitrogens is 2. The van der Waals surface area contributed by atoms with E-state index < -0.39 is 0 Å². The predicted molar refractivity (Wildman–Crippen MR) is 64.2 cm³/mol. The summed E-state index contributed by atoms with van der Waals surface area (Å²) in [6, 6.07) is 9.16. The van der Waals surface area contributed by atoms with E-state index in [2.05, 4.69) is 15.4 Å². The summed E-state index contributed by atoms with van der Waals surface area (Å²) in [5.41, 5.74) is 3.69. The summed E-state index contributed by atoms with van der Waals surface area (Å²) in [4.78, 5) is 8.37. The van der Waals surface area contributed by atoms with Gasteiger partial charge in [0.05, 0.1) is 7.11 Å². The number of nitrogens with two attached hydrogens (primary N) is 1. The Labute approximate surface area is 99.6 Å². The summed E-state index contributed by atoms with van der Waals surface area (Å²) < 4.78 is 5.11. The van der Waals surface area contributed by atoms with Crippen molar-refractivity contribution in [1.82, 2.24) is 15.4 Å². The van der Waals surface area contributed by atoms with Gasteiger partial charge in [0.15, 0.2) is 5.82 Å². The zero-order valence-electron chi connectivity index (χ0n) is 9.50. The molecular formula is C12H14N4O. The van der Waals surface area contributed by atoms with Crippen LogP contribution in [0.25, 0.3) is 0 Å². The molecule has 0 saturated heterocycles. The average molecular weight is 230 g/mol. The molecule has 1 heterocycles. The van der Waals surface area contributed by atoms with Crippen molar-refractivity contribution in [3.05, 3.63) is 54.1 Å². The van der Waals surface area contributed by atoms with Gasteiger partial charge in [-0.15, -0.1) is 0 Å². The summed E-state index contributed by atoms with van der Waals surface area (Å²) in [7, 11) is 1.63. The third-order valence-corrected chi connectivity index (χ3v) is 2.46. The van der Waals surface area contributed by atoms with Crippen molar-refractivity contribution in [2.24, 2.45) is 5.84 Å². The molecule has 88 valence electrons. The molecule has 0 bridgehead atoms. The molecule has 0 saturated carbocycles. The predicted octanol–water partition coefficient (Wildman–Crippen LogP) is 1.04. The number of benzene rings is 1. The Bertz CT molecular complexity index is 458. The van der Waals surface area contributed by atoms with Crippen molar-refractivity contribution >= 4 is 0 Å². The molecular weight excluding hydrogens is 216 g/mol. The van der Waals surface area contributed by atoms with E-state index >= 15 is 0 Å². The molecule has 3 N–H and O–H groups in total. The molecule has 0 radical (unpaired) electrons. The molecule has 1 unspecified atom stereocenters. The smallest absolute Gasteiger partial charge is 0.150 e. The SMILES string of the molecule is COc1ccc(C(NN)c2ncccn2)cc1. The fourth-order valence-corrected chi connectivity index (χ4v) is 1.58. The van der Waals surface area contributed by atoms with E-state index in [0.29, 0.717) is 5.82 Å². The zero-order valence-corrected chi connectivity index (χ0v) is 9.50. The normalized spacial score (nSPS) is 12.1. The Hall–Kier alpha value is -1.98. The second kappa shape index (κ2) is 5.38. The Kier molecular flexibility index (Phi) is 3.64. The van der Waals surface area contributed by atoms with Gasteiger partial charge in [-0.25, -0.2) is 15.4 Å². The monoisotopic (exact) mass is 230 g/mol. The number of rotatable bonds is 4. The van der Waals surface area contributed by atoms with Crippen molar-refractivity contribution in [3.8, 4) is 5.75 Å². The molecule has 17 heavy (non-hydrogen) atoms. The lowest BCUT2D eigenvalue weighted by molar-refractivity contribution is 0.414. The van der Waals surface area contributed by atoms with Crippen LogP contribution in [-0.2, 0) is 0 Å². The molecule has 0 fully saturated rings. The first-order valence-electron chi connectivity index (χ1n) is 5.22. The summed E-state index contributed by atoms with van der Waals surface area (Å²) >= 11 is 0. The van der Waals surface area contributed by atoms with Gasteiger partial charge in [0.25, 0.3) is 0 Å². The minimum atomic E-state index is -0.220. The highest BCUT2D eigenvalue weighted by atomic mass is 16.5. The summed E-state index contributed by atoms with van der Waals surface area (Å²) in [6.45, 7) is 0. The van der Waals surface area contributed by atoms with Gasteiger partial charge in [-0.05, 0) is 23.8 Å². The van der Waals surface area contributed by atoms with Gasteiger partial charge >= 0.3 is 0 Å². The number of hydrazine groups is 1. The number of nitrogens with one attached hydrogen (secondary N) is 1. The van der Waals surface area contributed by atoms with Crippen molar-refractivity contribution < 1.29 is 4.74 Å². The molecule has 1 aromatic carbocycles. The second-order valence-electron chi connectivity index (χ2n) is 3.48. The lowest BCUT2D eigenvalue weighted by Gasteiger charge is -2.14. The standard InChI is InChI=1S/C12H14N4O/c1-17-10-5-3-9(4-6-10)11(16-13)12-14-7-2-8-15-12/h2-8,11,16H,13H2,1H3. The van der Waals surface area contributed by atoms with Crippen LogP contribution >= 0.6 is 0 Å². The van der Waals surface area contributed by atoms with E-state index in [0.717, 1.165) is 11.3 Å². The van der Waals surface area contributed by atoms with E-state index in [1.807, 2.05) is 24.3 Å². The number of hydrogen-bond donors (Lipinski definition) is 2. The minimum absolute atomic E-state index is 0.220. The molecule has 0 amide bonds. The Balaban J connectivity index is 2.29. The van der Waals surface area contributed by atoms with E-state index in [1.165, 1.54) is 0 Å². The molecule has 5 heteroatoms. The molecule has 0 aliphatic rings. The molecule has 2 rings (SSSR count). The van der Waals surface area contributed by atoms with Gasteiger partial charge in [-0.3, -0.25) is 5.84 Å². The zero-order chi connectivity index (χ0) is 12.1. The number of ether oxygens (including phenoxy) is 1. The van der Waals surface area contributed by atoms with Gasteiger partial charge in [-0.2, -0.15) is 0 Å². The second-order valence-corrected chi connectivity index (χ2v) is 3.48. The summed E-state index contributed by atoms with van der Waals surface area (Å²) in [5.74, 6) is 6.99. The molecule has 0 aliphatic heterocycles. The maximum absolute atomic E-state index is 5.55. The average Bonchev–Trinajstić information content (AvgIpc) is 2.42. The number of hydrogen-bond acceptors (Lipinski definition) is 5. The topological polar surface area (TPSA) is 73.1 Å². The van der Waals surface area contributed by atoms with Crippen LogP contribution in [-0.4, -0.2) is 17.1 Å². The maximum Gasteiger partial charge on any atom is 0.150 e. The van der Waals surface area contributed by atoms with Crippen LogP contribution in [0.3, 0.4) is 0 Å². The van der Waals surface area contributed by atoms with Crippen LogP contribution < -0.4 is 16.0 Å². The van der Waals surface area contributed by atoms with E-state index in [-0.39, 0.29) is 6.04 Å². The lowest BCUT2D eigenvalue weighted by Crippen LogP contribution is -2.30. The van der Waals surface area contributed by atoms with Crippen LogP contribution in [0.1, 0.15) is 17.4 Å². The van der Waals surface area contributed by atoms with E-state index in [9.17, 15) is 0 Å². The number of methoxy groups -OCH3 is 1. The van der Waals surface area contributed by atoms with Crippen LogP contribution in [0, 0.1) is 0 Å². The first-order chi connectivity index (χ1) is 8.35. The van der Waals surface area contributed by atoms with Crippen molar-refractivity contribution in [1.29, 1.82) is 0 Å². The highest BCUT2D eigenvalue weighted by molar-refractivity contribution is 5.31. The third-order valence-electron chi connectivity index (χ3n) is 2.46. The van der Waals surface area contributed by atoms with Gasteiger partial charge in [0.2, 0.25) is 0 Å². The van der Waals surface area contributed by atoms with Gasteiger partial charge < -0.3 is 4.74 Å². The quantitative estimate of drug-likeness (QED) is 0.606.